The van der Waals surface area contributed by atoms with Crippen LogP contribution in [0.5, 0.6) is 5.75 Å². The van der Waals surface area contributed by atoms with Crippen molar-refractivity contribution in [2.45, 2.75) is 13.0 Å². The van der Waals surface area contributed by atoms with Gasteiger partial charge in [-0.25, -0.2) is 0 Å². The molecule has 0 radical (unpaired) electrons. The van der Waals surface area contributed by atoms with Crippen molar-refractivity contribution in [2.75, 3.05) is 25.6 Å². The average molecular weight is 263 g/mol. The molecule has 1 atom stereocenters. The quantitative estimate of drug-likeness (QED) is 0.907. The summed E-state index contributed by atoms with van der Waals surface area (Å²) < 4.78 is 5.08. The Morgan fingerprint density at radius 1 is 1.38 bits per heavy atom. The fourth-order valence-electron chi connectivity index (χ4n) is 1.50. The lowest BCUT2D eigenvalue weighted by atomic mass is 10.2. The lowest BCUT2D eigenvalue weighted by molar-refractivity contribution is 0.415. The molecule has 0 aliphatic heterocycles. The fraction of sp³-hybridized carbons (Fsp3) is 0.455. The summed E-state index contributed by atoms with van der Waals surface area (Å²) in [4.78, 5) is 1.97. The van der Waals surface area contributed by atoms with E-state index in [0.717, 1.165) is 5.69 Å². The third kappa shape index (κ3) is 2.94. The van der Waals surface area contributed by atoms with Gasteiger partial charge in [-0.1, -0.05) is 23.2 Å². The number of rotatable bonds is 4. The van der Waals surface area contributed by atoms with Crippen LogP contribution >= 0.6 is 23.2 Å². The number of methoxy groups -OCH3 is 1. The number of anilines is 1. The first-order valence-electron chi connectivity index (χ1n) is 4.96. The topological polar surface area (TPSA) is 38.5 Å². The first-order chi connectivity index (χ1) is 7.47. The van der Waals surface area contributed by atoms with Gasteiger partial charge in [0.25, 0.3) is 0 Å². The smallest absolute Gasteiger partial charge is 0.139 e. The van der Waals surface area contributed by atoms with Crippen LogP contribution < -0.4 is 15.4 Å². The lowest BCUT2D eigenvalue weighted by Gasteiger charge is -2.23. The second-order valence-electron chi connectivity index (χ2n) is 3.77. The highest BCUT2D eigenvalue weighted by atomic mass is 35.5. The van der Waals surface area contributed by atoms with Gasteiger partial charge in [-0.3, -0.25) is 0 Å². The van der Waals surface area contributed by atoms with Crippen LogP contribution in [0.4, 0.5) is 5.69 Å². The van der Waals surface area contributed by atoms with E-state index < -0.39 is 0 Å². The van der Waals surface area contributed by atoms with E-state index in [2.05, 4.69) is 0 Å². The van der Waals surface area contributed by atoms with Crippen LogP contribution in [0.2, 0.25) is 10.0 Å². The molecule has 0 saturated carbocycles. The molecule has 0 aliphatic rings. The largest absolute Gasteiger partial charge is 0.495 e. The van der Waals surface area contributed by atoms with Gasteiger partial charge in [0.1, 0.15) is 10.8 Å². The molecule has 1 aromatic carbocycles. The average Bonchev–Trinajstić information content (AvgIpc) is 2.20. The summed E-state index contributed by atoms with van der Waals surface area (Å²) in [6.45, 7) is 2.65. The molecule has 16 heavy (non-hydrogen) atoms. The Hall–Kier alpha value is -0.640. The van der Waals surface area contributed by atoms with Crippen LogP contribution in [0.25, 0.3) is 0 Å². The van der Waals surface area contributed by atoms with Gasteiger partial charge in [0.15, 0.2) is 0 Å². The summed E-state index contributed by atoms with van der Waals surface area (Å²) in [5, 5.41) is 0.919. The first kappa shape index (κ1) is 13.4. The predicted molar refractivity (Wildman–Crippen MR) is 69.9 cm³/mol. The van der Waals surface area contributed by atoms with E-state index in [-0.39, 0.29) is 6.04 Å². The van der Waals surface area contributed by atoms with Gasteiger partial charge >= 0.3 is 0 Å². The molecule has 0 heterocycles. The molecule has 90 valence electrons. The van der Waals surface area contributed by atoms with E-state index in [1.165, 1.54) is 0 Å². The van der Waals surface area contributed by atoms with Crippen LogP contribution in [-0.2, 0) is 0 Å². The van der Waals surface area contributed by atoms with Crippen molar-refractivity contribution in [3.63, 3.8) is 0 Å². The Balaban J connectivity index is 3.02. The lowest BCUT2D eigenvalue weighted by Crippen LogP contribution is -2.32. The third-order valence-corrected chi connectivity index (χ3v) is 3.07. The van der Waals surface area contributed by atoms with Crippen molar-refractivity contribution in [3.05, 3.63) is 22.2 Å². The highest BCUT2D eigenvalue weighted by molar-refractivity contribution is 6.44. The highest BCUT2D eigenvalue weighted by Gasteiger charge is 2.14. The van der Waals surface area contributed by atoms with Crippen molar-refractivity contribution in [1.82, 2.24) is 0 Å². The van der Waals surface area contributed by atoms with Gasteiger partial charge in [-0.2, -0.15) is 0 Å². The van der Waals surface area contributed by atoms with Crippen LogP contribution in [0.1, 0.15) is 6.92 Å². The van der Waals surface area contributed by atoms with Crippen LogP contribution in [0.15, 0.2) is 12.1 Å². The van der Waals surface area contributed by atoms with Crippen molar-refractivity contribution >= 4 is 28.9 Å². The second-order valence-corrected chi connectivity index (χ2v) is 4.53. The third-order valence-electron chi connectivity index (χ3n) is 2.22. The second kappa shape index (κ2) is 5.62. The molecule has 0 bridgehead atoms. The molecule has 0 aromatic heterocycles. The van der Waals surface area contributed by atoms with Crippen molar-refractivity contribution in [1.29, 1.82) is 0 Å². The zero-order chi connectivity index (χ0) is 12.3. The number of nitrogens with two attached hydrogens (primary N) is 1. The zero-order valence-corrected chi connectivity index (χ0v) is 11.1. The molecule has 5 heteroatoms. The maximum atomic E-state index is 6.16. The van der Waals surface area contributed by atoms with E-state index in [9.17, 15) is 0 Å². The Morgan fingerprint density at radius 2 is 2.00 bits per heavy atom. The minimum atomic E-state index is 0.0712. The maximum absolute atomic E-state index is 6.16. The van der Waals surface area contributed by atoms with E-state index in [0.29, 0.717) is 22.3 Å². The summed E-state index contributed by atoms with van der Waals surface area (Å²) in [6, 6.07) is 3.73. The van der Waals surface area contributed by atoms with Crippen LogP contribution in [0, 0.1) is 0 Å². The standard InChI is InChI=1S/C11H16Cl2N2O/c1-7(14)6-15(2)8-4-5-9(16-3)11(13)10(8)12/h4-5,7H,6,14H2,1-3H3. The van der Waals surface area contributed by atoms with Gasteiger partial charge < -0.3 is 15.4 Å². The van der Waals surface area contributed by atoms with Gasteiger partial charge in [0.05, 0.1) is 17.8 Å². The van der Waals surface area contributed by atoms with E-state index in [1.54, 1.807) is 13.2 Å². The van der Waals surface area contributed by atoms with Crippen molar-refractivity contribution in [2.24, 2.45) is 5.73 Å². The molecule has 1 rings (SSSR count). The van der Waals surface area contributed by atoms with Gasteiger partial charge in [0.2, 0.25) is 0 Å². The Labute approximate surface area is 106 Å². The molecule has 0 amide bonds. The minimum Gasteiger partial charge on any atom is -0.495 e. The van der Waals surface area contributed by atoms with Gasteiger partial charge in [-0.15, -0.1) is 0 Å². The highest BCUT2D eigenvalue weighted by Crippen LogP contribution is 2.38. The molecule has 0 aliphatic carbocycles. The SMILES string of the molecule is COc1ccc(N(C)CC(C)N)c(Cl)c1Cl. The van der Waals surface area contributed by atoms with Crippen LogP contribution in [0.3, 0.4) is 0 Å². The molecule has 0 spiro atoms. The number of nitrogens with zero attached hydrogens (tertiary/aromatic N) is 1. The molecular formula is C11H16Cl2N2O. The monoisotopic (exact) mass is 262 g/mol. The summed E-state index contributed by atoms with van der Waals surface area (Å²) in [7, 11) is 3.48. The molecule has 0 fully saturated rings. The number of halogens is 2. The summed E-state index contributed by atoms with van der Waals surface area (Å²) in [5.74, 6) is 0.574. The van der Waals surface area contributed by atoms with Gasteiger partial charge in [0, 0.05) is 19.6 Å². The Morgan fingerprint density at radius 3 is 2.50 bits per heavy atom. The number of benzene rings is 1. The molecule has 3 nitrogen and oxygen atoms in total. The molecular weight excluding hydrogens is 247 g/mol. The van der Waals surface area contributed by atoms with Crippen LogP contribution in [-0.4, -0.2) is 26.7 Å². The molecule has 1 unspecified atom stereocenters. The summed E-state index contributed by atoms with van der Waals surface area (Å²) >= 11 is 12.2. The maximum Gasteiger partial charge on any atom is 0.139 e. The Kier molecular flexibility index (Phi) is 4.71. The molecule has 0 saturated heterocycles. The normalized spacial score (nSPS) is 12.4. The predicted octanol–water partition coefficient (Wildman–Crippen LogP) is 2.79. The van der Waals surface area contributed by atoms with Gasteiger partial charge in [-0.05, 0) is 19.1 Å². The number of hydrogen-bond donors (Lipinski definition) is 1. The molecule has 1 aromatic rings. The zero-order valence-electron chi connectivity index (χ0n) is 9.63. The minimum absolute atomic E-state index is 0.0712. The van der Waals surface area contributed by atoms with E-state index >= 15 is 0 Å². The first-order valence-corrected chi connectivity index (χ1v) is 5.71. The van der Waals surface area contributed by atoms with E-state index in [4.69, 9.17) is 33.7 Å². The van der Waals surface area contributed by atoms with Crippen molar-refractivity contribution < 1.29 is 4.74 Å². The van der Waals surface area contributed by atoms with E-state index in [1.807, 2.05) is 24.9 Å². The summed E-state index contributed by atoms with van der Waals surface area (Å²) in [6.07, 6.45) is 0. The fourth-order valence-corrected chi connectivity index (χ4v) is 2.04. The molecule has 2 N–H and O–H groups in total. The number of ether oxygens (including phenoxy) is 1. The summed E-state index contributed by atoms with van der Waals surface area (Å²) in [5.41, 5.74) is 6.58. The number of hydrogen-bond acceptors (Lipinski definition) is 3. The number of likely N-dealkylation sites (N-methyl/N-ethyl adjacent to an activating group) is 1. The van der Waals surface area contributed by atoms with Crippen molar-refractivity contribution in [3.8, 4) is 5.75 Å². The Bertz CT molecular complexity index is 369.